The van der Waals surface area contributed by atoms with Crippen LogP contribution in [-0.4, -0.2) is 41.8 Å². The number of hydrogen-bond donors (Lipinski definition) is 0. The lowest BCUT2D eigenvalue weighted by Gasteiger charge is -2.08. The van der Waals surface area contributed by atoms with E-state index in [4.69, 9.17) is 0 Å². The predicted octanol–water partition coefficient (Wildman–Crippen LogP) is 3.38. The molecule has 0 spiro atoms. The van der Waals surface area contributed by atoms with Crippen LogP contribution in [0.1, 0.15) is 0 Å². The second kappa shape index (κ2) is 7.10. The van der Waals surface area contributed by atoms with Crippen LogP contribution in [0.3, 0.4) is 0 Å². The van der Waals surface area contributed by atoms with E-state index in [9.17, 15) is 8.42 Å². The Morgan fingerprint density at radius 1 is 0.758 bits per heavy atom. The molecule has 0 fully saturated rings. The first-order valence-electron chi connectivity index (χ1n) is 10.1. The zero-order valence-corrected chi connectivity index (χ0v) is 18.3. The van der Waals surface area contributed by atoms with Gasteiger partial charge in [-0.2, -0.15) is 22.7 Å². The zero-order valence-electron chi connectivity index (χ0n) is 17.4. The summed E-state index contributed by atoms with van der Waals surface area (Å²) in [6, 6.07) is 15.1. The van der Waals surface area contributed by atoms with Gasteiger partial charge in [-0.15, -0.1) is 0 Å². The fraction of sp³-hybridized carbons (Fsp3) is 0.0435. The highest BCUT2D eigenvalue weighted by Gasteiger charge is 2.25. The average molecular weight is 456 g/mol. The fourth-order valence-corrected chi connectivity index (χ4v) is 5.18. The molecule has 0 aliphatic heterocycles. The summed E-state index contributed by atoms with van der Waals surface area (Å²) in [7, 11) is -2.22. The molecule has 0 amide bonds. The molecule has 10 heteroatoms. The number of imidazole rings is 1. The smallest absolute Gasteiger partial charge is 0.288 e. The lowest BCUT2D eigenvalue weighted by Crippen LogP contribution is -2.16. The van der Waals surface area contributed by atoms with Crippen LogP contribution in [0.25, 0.3) is 38.9 Å². The molecule has 5 aromatic heterocycles. The van der Waals surface area contributed by atoms with Gasteiger partial charge in [0, 0.05) is 42.3 Å². The first-order chi connectivity index (χ1) is 16.0. The minimum absolute atomic E-state index is 0.0124. The molecule has 6 rings (SSSR count). The van der Waals surface area contributed by atoms with Gasteiger partial charge in [-0.25, -0.2) is 4.98 Å². The molecule has 0 saturated heterocycles. The van der Waals surface area contributed by atoms with Crippen LogP contribution < -0.4 is 0 Å². The highest BCUT2D eigenvalue weighted by molar-refractivity contribution is 7.90. The van der Waals surface area contributed by atoms with Crippen molar-refractivity contribution in [1.82, 2.24) is 33.3 Å². The van der Waals surface area contributed by atoms with E-state index in [0.717, 1.165) is 26.3 Å². The Kier molecular flexibility index (Phi) is 4.17. The van der Waals surface area contributed by atoms with E-state index in [1.54, 1.807) is 39.8 Å². The highest BCUT2D eigenvalue weighted by Crippen LogP contribution is 2.26. The van der Waals surface area contributed by atoms with Gasteiger partial charge >= 0.3 is 10.0 Å². The predicted molar refractivity (Wildman–Crippen MR) is 123 cm³/mol. The summed E-state index contributed by atoms with van der Waals surface area (Å²) in [6.45, 7) is 0. The number of aromatic nitrogens is 7. The maximum atomic E-state index is 13.7. The summed E-state index contributed by atoms with van der Waals surface area (Å²) >= 11 is 0. The van der Waals surface area contributed by atoms with Crippen molar-refractivity contribution in [2.45, 2.75) is 5.03 Å². The molecule has 0 N–H and O–H groups in total. The van der Waals surface area contributed by atoms with E-state index in [0.29, 0.717) is 16.7 Å². The maximum Gasteiger partial charge on any atom is 0.301 e. The Morgan fingerprint density at radius 2 is 1.61 bits per heavy atom. The van der Waals surface area contributed by atoms with Crippen molar-refractivity contribution < 1.29 is 8.42 Å². The van der Waals surface area contributed by atoms with E-state index >= 15 is 0 Å². The number of hydrogen-bond acceptors (Lipinski definition) is 6. The monoisotopic (exact) mass is 455 g/mol. The van der Waals surface area contributed by atoms with Gasteiger partial charge in [-0.3, -0.25) is 14.1 Å². The number of benzene rings is 1. The van der Waals surface area contributed by atoms with Crippen LogP contribution in [0, 0.1) is 0 Å². The molecule has 162 valence electrons. The van der Waals surface area contributed by atoms with Crippen LogP contribution >= 0.6 is 0 Å². The van der Waals surface area contributed by atoms with E-state index in [2.05, 4.69) is 20.2 Å². The van der Waals surface area contributed by atoms with Crippen molar-refractivity contribution in [3.05, 3.63) is 85.7 Å². The van der Waals surface area contributed by atoms with Crippen molar-refractivity contribution >= 4 is 26.7 Å². The molecular weight excluding hydrogens is 438 g/mol. The molecule has 0 unspecified atom stereocenters. The molecule has 6 aromatic rings. The van der Waals surface area contributed by atoms with Gasteiger partial charge in [0.05, 0.1) is 18.6 Å². The number of rotatable bonds is 4. The third kappa shape index (κ3) is 3.11. The molecule has 0 bridgehead atoms. The third-order valence-corrected chi connectivity index (χ3v) is 7.07. The second-order valence-corrected chi connectivity index (χ2v) is 9.35. The molecular formula is C23H17N7O2S. The summed E-state index contributed by atoms with van der Waals surface area (Å²) in [6.07, 6.45) is 9.84. The Bertz CT molecular complexity index is 1750. The van der Waals surface area contributed by atoms with Crippen molar-refractivity contribution in [3.8, 4) is 22.3 Å². The summed E-state index contributed by atoms with van der Waals surface area (Å²) in [5.41, 5.74) is 4.84. The minimum Gasteiger partial charge on any atom is -0.288 e. The SMILES string of the molecule is Cn1cc(-c2ccc3ncc(S(=O)(=O)n4ncc5ncc(-c6ccccc6)cc54)n3c2)cn1. The topological polar surface area (TPSA) is 100.0 Å². The van der Waals surface area contributed by atoms with Crippen molar-refractivity contribution in [1.29, 1.82) is 0 Å². The standard InChI is InChI=1S/C23H17N7O2S/c1-28-14-19(11-26-28)17-7-8-22-25-13-23(29(22)15-17)33(31,32)30-21-9-18(10-24-20(21)12-27-30)16-5-3-2-4-6-16/h2-15H,1H3. The van der Waals surface area contributed by atoms with Gasteiger partial charge < -0.3 is 0 Å². The Hall–Kier alpha value is -4.31. The average Bonchev–Trinajstić information content (AvgIpc) is 3.56. The largest absolute Gasteiger partial charge is 0.301 e. The number of aryl methyl sites for hydroxylation is 1. The summed E-state index contributed by atoms with van der Waals surface area (Å²) in [5, 5.41) is 8.36. The third-order valence-electron chi connectivity index (χ3n) is 5.50. The van der Waals surface area contributed by atoms with Gasteiger partial charge in [-0.05, 0) is 23.8 Å². The van der Waals surface area contributed by atoms with E-state index in [1.807, 2.05) is 49.6 Å². The van der Waals surface area contributed by atoms with Crippen LogP contribution in [0.5, 0.6) is 0 Å². The minimum atomic E-state index is -4.05. The molecule has 33 heavy (non-hydrogen) atoms. The summed E-state index contributed by atoms with van der Waals surface area (Å²) in [4.78, 5) is 8.70. The molecule has 0 aliphatic rings. The number of nitrogens with zero attached hydrogens (tertiary/aromatic N) is 7. The normalized spacial score (nSPS) is 12.0. The van der Waals surface area contributed by atoms with Crippen molar-refractivity contribution in [2.75, 3.05) is 0 Å². The van der Waals surface area contributed by atoms with Gasteiger partial charge in [0.2, 0.25) is 0 Å². The van der Waals surface area contributed by atoms with Gasteiger partial charge in [-0.1, -0.05) is 30.3 Å². The Morgan fingerprint density at radius 3 is 2.39 bits per heavy atom. The van der Waals surface area contributed by atoms with Gasteiger partial charge in [0.1, 0.15) is 16.7 Å². The highest BCUT2D eigenvalue weighted by atomic mass is 32.2. The van der Waals surface area contributed by atoms with E-state index < -0.39 is 10.0 Å². The molecule has 0 aliphatic carbocycles. The van der Waals surface area contributed by atoms with Crippen LogP contribution in [0.2, 0.25) is 0 Å². The van der Waals surface area contributed by atoms with Crippen molar-refractivity contribution in [3.63, 3.8) is 0 Å². The quantitative estimate of drug-likeness (QED) is 0.404. The Labute approximate surface area is 188 Å². The van der Waals surface area contributed by atoms with Gasteiger partial charge in [0.25, 0.3) is 0 Å². The lowest BCUT2D eigenvalue weighted by atomic mass is 10.1. The molecule has 1 aromatic carbocycles. The van der Waals surface area contributed by atoms with Crippen molar-refractivity contribution in [2.24, 2.45) is 7.05 Å². The molecule has 0 atom stereocenters. The Balaban J connectivity index is 1.51. The molecule has 0 saturated carbocycles. The van der Waals surface area contributed by atoms with E-state index in [-0.39, 0.29) is 5.03 Å². The molecule has 5 heterocycles. The summed E-state index contributed by atoms with van der Waals surface area (Å²) < 4.78 is 31.6. The zero-order chi connectivity index (χ0) is 22.6. The van der Waals surface area contributed by atoms with Crippen LogP contribution in [0.4, 0.5) is 0 Å². The number of pyridine rings is 2. The molecule has 9 nitrogen and oxygen atoms in total. The lowest BCUT2D eigenvalue weighted by molar-refractivity contribution is 0.577. The fourth-order valence-electron chi connectivity index (χ4n) is 3.84. The van der Waals surface area contributed by atoms with Crippen LogP contribution in [-0.2, 0) is 17.1 Å². The second-order valence-electron chi connectivity index (χ2n) is 7.63. The van der Waals surface area contributed by atoms with Crippen LogP contribution in [0.15, 0.2) is 90.7 Å². The summed E-state index contributed by atoms with van der Waals surface area (Å²) in [5.74, 6) is 0. The maximum absolute atomic E-state index is 13.7. The number of fused-ring (bicyclic) bond motifs is 2. The van der Waals surface area contributed by atoms with E-state index in [1.165, 1.54) is 12.4 Å². The first-order valence-corrected chi connectivity index (χ1v) is 11.6. The molecule has 0 radical (unpaired) electrons. The first kappa shape index (κ1) is 19.4. The van der Waals surface area contributed by atoms with Gasteiger partial charge in [0.15, 0.2) is 5.03 Å².